The van der Waals surface area contributed by atoms with Crippen molar-refractivity contribution >= 4 is 23.2 Å². The van der Waals surface area contributed by atoms with E-state index in [0.717, 1.165) is 18.8 Å². The van der Waals surface area contributed by atoms with Gasteiger partial charge in [0.1, 0.15) is 5.82 Å². The molecular formula is C14H16N6O2. The molecule has 0 radical (unpaired) electrons. The molecule has 0 atom stereocenters. The van der Waals surface area contributed by atoms with Crippen LogP contribution in [-0.4, -0.2) is 47.2 Å². The number of carbonyl (C=O) groups excluding carboxylic acids is 1. The Hall–Kier alpha value is -2.74. The Bertz CT molecular complexity index is 655. The number of carbonyl (C=O) groups is 1. The van der Waals surface area contributed by atoms with Gasteiger partial charge >= 0.3 is 0 Å². The Morgan fingerprint density at radius 2 is 1.95 bits per heavy atom. The summed E-state index contributed by atoms with van der Waals surface area (Å²) >= 11 is 0. The maximum absolute atomic E-state index is 12.1. The van der Waals surface area contributed by atoms with Crippen molar-refractivity contribution in [3.8, 4) is 0 Å². The molecule has 1 amide bonds. The van der Waals surface area contributed by atoms with Crippen molar-refractivity contribution < 1.29 is 9.53 Å². The van der Waals surface area contributed by atoms with Gasteiger partial charge < -0.3 is 20.7 Å². The van der Waals surface area contributed by atoms with Crippen LogP contribution in [0.15, 0.2) is 30.7 Å². The van der Waals surface area contributed by atoms with Gasteiger partial charge in [0.15, 0.2) is 11.5 Å². The predicted octanol–water partition coefficient (Wildman–Crippen LogP) is 0.543. The van der Waals surface area contributed by atoms with E-state index in [0.29, 0.717) is 19.0 Å². The van der Waals surface area contributed by atoms with Gasteiger partial charge in [0, 0.05) is 25.5 Å². The number of nitrogens with zero attached hydrogens (tertiary/aromatic N) is 4. The highest BCUT2D eigenvalue weighted by Crippen LogP contribution is 2.17. The lowest BCUT2D eigenvalue weighted by atomic mass is 10.3. The molecule has 114 valence electrons. The Labute approximate surface area is 127 Å². The van der Waals surface area contributed by atoms with Gasteiger partial charge in [-0.05, 0) is 12.1 Å². The van der Waals surface area contributed by atoms with Crippen LogP contribution in [0.1, 0.15) is 10.5 Å². The van der Waals surface area contributed by atoms with Gasteiger partial charge in [-0.25, -0.2) is 15.0 Å². The van der Waals surface area contributed by atoms with Gasteiger partial charge in [0.25, 0.3) is 5.91 Å². The van der Waals surface area contributed by atoms with Crippen molar-refractivity contribution in [2.24, 2.45) is 0 Å². The van der Waals surface area contributed by atoms with E-state index >= 15 is 0 Å². The van der Waals surface area contributed by atoms with Gasteiger partial charge in [-0.15, -0.1) is 0 Å². The molecular weight excluding hydrogens is 284 g/mol. The SMILES string of the molecule is Nc1nccnc1C(=O)Nc1ccc(N2CCOCC2)cn1. The zero-order valence-corrected chi connectivity index (χ0v) is 11.9. The van der Waals surface area contributed by atoms with Gasteiger partial charge in [-0.2, -0.15) is 0 Å². The summed E-state index contributed by atoms with van der Waals surface area (Å²) in [7, 11) is 0. The average molecular weight is 300 g/mol. The highest BCUT2D eigenvalue weighted by molar-refractivity contribution is 6.05. The summed E-state index contributed by atoms with van der Waals surface area (Å²) in [4.78, 5) is 26.2. The van der Waals surface area contributed by atoms with Crippen LogP contribution in [0.25, 0.3) is 0 Å². The number of nitrogens with one attached hydrogen (secondary N) is 1. The third-order valence-electron chi connectivity index (χ3n) is 3.31. The number of aromatic nitrogens is 3. The quantitative estimate of drug-likeness (QED) is 0.852. The first-order chi connectivity index (χ1) is 10.7. The fourth-order valence-corrected chi connectivity index (χ4v) is 2.17. The molecule has 0 aromatic carbocycles. The minimum atomic E-state index is -0.433. The largest absolute Gasteiger partial charge is 0.382 e. The van der Waals surface area contributed by atoms with Crippen LogP contribution in [0.5, 0.6) is 0 Å². The lowest BCUT2D eigenvalue weighted by molar-refractivity contribution is 0.102. The first-order valence-electron chi connectivity index (χ1n) is 6.90. The number of nitrogens with two attached hydrogens (primary N) is 1. The molecule has 3 rings (SSSR count). The maximum atomic E-state index is 12.1. The van der Waals surface area contributed by atoms with Gasteiger partial charge in [-0.1, -0.05) is 0 Å². The summed E-state index contributed by atoms with van der Waals surface area (Å²) in [5.41, 5.74) is 6.71. The second kappa shape index (κ2) is 6.35. The predicted molar refractivity (Wildman–Crippen MR) is 81.7 cm³/mol. The second-order valence-corrected chi connectivity index (χ2v) is 4.75. The van der Waals surface area contributed by atoms with Crippen LogP contribution in [0.4, 0.5) is 17.3 Å². The summed E-state index contributed by atoms with van der Waals surface area (Å²) in [6.07, 6.45) is 4.57. The van der Waals surface area contributed by atoms with Crippen LogP contribution >= 0.6 is 0 Å². The molecule has 1 saturated heterocycles. The minimum absolute atomic E-state index is 0.0848. The van der Waals surface area contributed by atoms with E-state index in [1.807, 2.05) is 6.07 Å². The van der Waals surface area contributed by atoms with Crippen molar-refractivity contribution in [1.82, 2.24) is 15.0 Å². The first kappa shape index (κ1) is 14.2. The summed E-state index contributed by atoms with van der Waals surface area (Å²) in [5.74, 6) is 0.0919. The monoisotopic (exact) mass is 300 g/mol. The summed E-state index contributed by atoms with van der Waals surface area (Å²) in [5, 5.41) is 2.65. The number of hydrogen-bond donors (Lipinski definition) is 2. The molecule has 2 aromatic rings. The van der Waals surface area contributed by atoms with Crippen molar-refractivity contribution in [1.29, 1.82) is 0 Å². The van der Waals surface area contributed by atoms with Crippen LogP contribution < -0.4 is 16.0 Å². The topological polar surface area (TPSA) is 106 Å². The van der Waals surface area contributed by atoms with Crippen LogP contribution in [-0.2, 0) is 4.74 Å². The Morgan fingerprint density at radius 3 is 2.64 bits per heavy atom. The number of rotatable bonds is 3. The lowest BCUT2D eigenvalue weighted by Crippen LogP contribution is -2.36. The van der Waals surface area contributed by atoms with Crippen LogP contribution in [0.3, 0.4) is 0 Å². The first-order valence-corrected chi connectivity index (χ1v) is 6.90. The standard InChI is InChI=1S/C14H16N6O2/c15-13-12(16-3-4-17-13)14(21)19-11-2-1-10(9-18-11)20-5-7-22-8-6-20/h1-4,9H,5-8H2,(H2,15,17)(H,18,19,21). The Balaban J connectivity index is 1.68. The highest BCUT2D eigenvalue weighted by Gasteiger charge is 2.14. The van der Waals surface area contributed by atoms with E-state index in [-0.39, 0.29) is 11.5 Å². The van der Waals surface area contributed by atoms with E-state index in [1.165, 1.54) is 12.4 Å². The fraction of sp³-hybridized carbons (Fsp3) is 0.286. The molecule has 8 heteroatoms. The lowest BCUT2D eigenvalue weighted by Gasteiger charge is -2.28. The van der Waals surface area contributed by atoms with Crippen molar-refractivity contribution in [2.75, 3.05) is 42.3 Å². The molecule has 0 spiro atoms. The molecule has 0 bridgehead atoms. The third-order valence-corrected chi connectivity index (χ3v) is 3.31. The molecule has 2 aromatic heterocycles. The number of morpholine rings is 1. The number of pyridine rings is 1. The maximum Gasteiger partial charge on any atom is 0.279 e. The summed E-state index contributed by atoms with van der Waals surface area (Å²) in [6, 6.07) is 3.66. The van der Waals surface area contributed by atoms with Crippen molar-refractivity contribution in [3.05, 3.63) is 36.4 Å². The number of anilines is 3. The third kappa shape index (κ3) is 3.12. The normalized spacial score (nSPS) is 14.6. The van der Waals surface area contributed by atoms with E-state index in [2.05, 4.69) is 25.2 Å². The number of hydrogen-bond acceptors (Lipinski definition) is 7. The molecule has 1 aliphatic heterocycles. The van der Waals surface area contributed by atoms with Crippen molar-refractivity contribution in [2.45, 2.75) is 0 Å². The smallest absolute Gasteiger partial charge is 0.279 e. The van der Waals surface area contributed by atoms with E-state index in [4.69, 9.17) is 10.5 Å². The summed E-state index contributed by atoms with van der Waals surface area (Å²) < 4.78 is 5.31. The minimum Gasteiger partial charge on any atom is -0.382 e. The summed E-state index contributed by atoms with van der Waals surface area (Å²) in [6.45, 7) is 3.10. The zero-order valence-electron chi connectivity index (χ0n) is 11.9. The highest BCUT2D eigenvalue weighted by atomic mass is 16.5. The molecule has 0 aliphatic carbocycles. The molecule has 8 nitrogen and oxygen atoms in total. The Kier molecular flexibility index (Phi) is 4.10. The number of nitrogen functional groups attached to an aromatic ring is 1. The number of amides is 1. The zero-order chi connectivity index (χ0) is 15.4. The Morgan fingerprint density at radius 1 is 1.18 bits per heavy atom. The fourth-order valence-electron chi connectivity index (χ4n) is 2.17. The average Bonchev–Trinajstić information content (AvgIpc) is 2.57. The van der Waals surface area contributed by atoms with Gasteiger partial charge in [-0.3, -0.25) is 4.79 Å². The molecule has 1 aliphatic rings. The van der Waals surface area contributed by atoms with Gasteiger partial charge in [0.05, 0.1) is 25.1 Å². The van der Waals surface area contributed by atoms with E-state index in [1.54, 1.807) is 12.3 Å². The molecule has 0 unspecified atom stereocenters. The molecule has 3 heterocycles. The van der Waals surface area contributed by atoms with E-state index in [9.17, 15) is 4.79 Å². The molecule has 1 fully saturated rings. The molecule has 3 N–H and O–H groups in total. The molecule has 0 saturated carbocycles. The van der Waals surface area contributed by atoms with Crippen LogP contribution in [0.2, 0.25) is 0 Å². The van der Waals surface area contributed by atoms with Gasteiger partial charge in [0.2, 0.25) is 0 Å². The second-order valence-electron chi connectivity index (χ2n) is 4.75. The number of ether oxygens (including phenoxy) is 1. The van der Waals surface area contributed by atoms with Crippen molar-refractivity contribution in [3.63, 3.8) is 0 Å². The molecule has 22 heavy (non-hydrogen) atoms. The van der Waals surface area contributed by atoms with Crippen LogP contribution in [0, 0.1) is 0 Å². The van der Waals surface area contributed by atoms with E-state index < -0.39 is 5.91 Å².